The Kier molecular flexibility index (Phi) is 11.2. The number of carbonyl (C=O) groups is 1. The van der Waals surface area contributed by atoms with Crippen LogP contribution in [0.4, 0.5) is 17.6 Å². The molecule has 1 saturated heterocycles. The van der Waals surface area contributed by atoms with E-state index in [-0.39, 0.29) is 10.7 Å². The molecule has 12 heteroatoms. The molecule has 216 valence electrons. The van der Waals surface area contributed by atoms with Crippen molar-refractivity contribution >= 4 is 16.0 Å². The van der Waals surface area contributed by atoms with Crippen LogP contribution < -0.4 is 10.0 Å². The highest BCUT2D eigenvalue weighted by Gasteiger charge is 2.38. The van der Waals surface area contributed by atoms with Gasteiger partial charge in [-0.05, 0) is 78.5 Å². The lowest BCUT2D eigenvalue weighted by atomic mass is 10.0. The van der Waals surface area contributed by atoms with Crippen molar-refractivity contribution in [1.29, 1.82) is 0 Å². The molecular formula is C28H31F4N3O4S. The van der Waals surface area contributed by atoms with Crippen LogP contribution in [0.1, 0.15) is 24.0 Å². The predicted molar refractivity (Wildman–Crippen MR) is 143 cm³/mol. The van der Waals surface area contributed by atoms with E-state index in [2.05, 4.69) is 21.0 Å². The standard InChI is InChI=1S/C26H30FN3O2S.C2HF3O2/c27-25-10-6-21(7-11-25)19-28-20-22-4-3-5-24(18-22)23-8-12-26(13-9-23)33(31,32)29-14-17-30-15-1-2-16-30;3-2(4,5)1(6)7/h3-13,18,28-29H,1-2,14-17,19-20H2;(H,6,7). The van der Waals surface area contributed by atoms with E-state index in [9.17, 15) is 26.0 Å². The third-order valence-electron chi connectivity index (χ3n) is 6.16. The Morgan fingerprint density at radius 2 is 1.48 bits per heavy atom. The highest BCUT2D eigenvalue weighted by atomic mass is 32.2. The number of carboxylic acids is 1. The van der Waals surface area contributed by atoms with Gasteiger partial charge in [-0.2, -0.15) is 13.2 Å². The van der Waals surface area contributed by atoms with Crippen molar-refractivity contribution in [3.63, 3.8) is 0 Å². The van der Waals surface area contributed by atoms with E-state index in [1.807, 2.05) is 30.3 Å². The van der Waals surface area contributed by atoms with Crippen LogP contribution in [-0.4, -0.2) is 56.7 Å². The minimum Gasteiger partial charge on any atom is -0.475 e. The monoisotopic (exact) mass is 581 g/mol. The van der Waals surface area contributed by atoms with Gasteiger partial charge in [-0.3, -0.25) is 0 Å². The van der Waals surface area contributed by atoms with Gasteiger partial charge in [-0.25, -0.2) is 22.3 Å². The maximum absolute atomic E-state index is 13.0. The second kappa shape index (κ2) is 14.4. The van der Waals surface area contributed by atoms with E-state index in [1.54, 1.807) is 24.3 Å². The van der Waals surface area contributed by atoms with Crippen molar-refractivity contribution in [3.8, 4) is 11.1 Å². The van der Waals surface area contributed by atoms with E-state index in [0.717, 1.165) is 41.9 Å². The zero-order valence-corrected chi connectivity index (χ0v) is 22.4. The van der Waals surface area contributed by atoms with Gasteiger partial charge in [-0.15, -0.1) is 0 Å². The summed E-state index contributed by atoms with van der Waals surface area (Å²) in [6.45, 7) is 4.62. The summed E-state index contributed by atoms with van der Waals surface area (Å²) >= 11 is 0. The van der Waals surface area contributed by atoms with Gasteiger partial charge in [0.1, 0.15) is 5.82 Å². The molecule has 1 aliphatic rings. The molecule has 3 aromatic rings. The lowest BCUT2D eigenvalue weighted by molar-refractivity contribution is -0.192. The minimum absolute atomic E-state index is 0.233. The van der Waals surface area contributed by atoms with Crippen LogP contribution in [-0.2, 0) is 27.9 Å². The van der Waals surface area contributed by atoms with Crippen molar-refractivity contribution in [3.05, 3.63) is 89.7 Å². The summed E-state index contributed by atoms with van der Waals surface area (Å²) in [7, 11) is -3.51. The van der Waals surface area contributed by atoms with Crippen LogP contribution in [0, 0.1) is 5.82 Å². The Labute approximate surface area is 230 Å². The summed E-state index contributed by atoms with van der Waals surface area (Å²) < 4.78 is 72.7. The summed E-state index contributed by atoms with van der Waals surface area (Å²) in [5.41, 5.74) is 4.14. The maximum Gasteiger partial charge on any atom is 0.490 e. The number of carboxylic acid groups (broad SMARTS) is 1. The number of sulfonamides is 1. The molecule has 0 radical (unpaired) electrons. The third-order valence-corrected chi connectivity index (χ3v) is 7.63. The zero-order chi connectivity index (χ0) is 29.2. The van der Waals surface area contributed by atoms with Crippen LogP contribution in [0.2, 0.25) is 0 Å². The maximum atomic E-state index is 13.0. The van der Waals surface area contributed by atoms with Gasteiger partial charge >= 0.3 is 12.1 Å². The van der Waals surface area contributed by atoms with E-state index in [1.165, 1.54) is 25.0 Å². The number of hydrogen-bond donors (Lipinski definition) is 3. The fraction of sp³-hybridized carbons (Fsp3) is 0.321. The SMILES string of the molecule is O=C(O)C(F)(F)F.O=S(=O)(NCCN1CCCC1)c1ccc(-c2cccc(CNCc3ccc(F)cc3)c2)cc1. The quantitative estimate of drug-likeness (QED) is 0.298. The Bertz CT molecular complexity index is 1340. The molecule has 0 saturated carbocycles. The van der Waals surface area contributed by atoms with Crippen molar-refractivity contribution in [2.75, 3.05) is 26.2 Å². The normalized spacial score (nSPS) is 14.0. The summed E-state index contributed by atoms with van der Waals surface area (Å²) in [6, 6.07) is 21.6. The first-order valence-corrected chi connectivity index (χ1v) is 14.1. The molecule has 0 amide bonds. The van der Waals surface area contributed by atoms with Gasteiger partial charge in [0, 0.05) is 26.2 Å². The molecule has 0 bridgehead atoms. The fourth-order valence-corrected chi connectivity index (χ4v) is 5.09. The fourth-order valence-electron chi connectivity index (χ4n) is 4.07. The molecule has 0 aromatic heterocycles. The number of likely N-dealkylation sites (tertiary alicyclic amines) is 1. The van der Waals surface area contributed by atoms with Crippen molar-refractivity contribution in [2.45, 2.75) is 37.0 Å². The topological polar surface area (TPSA) is 98.7 Å². The molecule has 3 N–H and O–H groups in total. The molecule has 1 heterocycles. The highest BCUT2D eigenvalue weighted by molar-refractivity contribution is 7.89. The van der Waals surface area contributed by atoms with Gasteiger partial charge in [-0.1, -0.05) is 42.5 Å². The van der Waals surface area contributed by atoms with E-state index >= 15 is 0 Å². The van der Waals surface area contributed by atoms with E-state index < -0.39 is 22.2 Å². The average molecular weight is 582 g/mol. The highest BCUT2D eigenvalue weighted by Crippen LogP contribution is 2.22. The molecule has 0 spiro atoms. The van der Waals surface area contributed by atoms with Gasteiger partial charge < -0.3 is 15.3 Å². The van der Waals surface area contributed by atoms with Crippen LogP contribution in [0.25, 0.3) is 11.1 Å². The van der Waals surface area contributed by atoms with E-state index in [4.69, 9.17) is 9.90 Å². The number of nitrogens with zero attached hydrogens (tertiary/aromatic N) is 1. The molecule has 4 rings (SSSR count). The van der Waals surface area contributed by atoms with Crippen molar-refractivity contribution in [2.24, 2.45) is 0 Å². The Hall–Kier alpha value is -3.32. The lowest BCUT2D eigenvalue weighted by Gasteiger charge is -2.15. The summed E-state index contributed by atoms with van der Waals surface area (Å²) in [5.74, 6) is -2.99. The molecule has 0 unspecified atom stereocenters. The Morgan fingerprint density at radius 1 is 0.875 bits per heavy atom. The predicted octanol–water partition coefficient (Wildman–Crippen LogP) is 4.79. The number of alkyl halides is 3. The average Bonchev–Trinajstić information content (AvgIpc) is 3.43. The molecule has 1 aliphatic heterocycles. The molecule has 0 atom stereocenters. The molecule has 40 heavy (non-hydrogen) atoms. The lowest BCUT2D eigenvalue weighted by Crippen LogP contribution is -2.33. The number of halogens is 4. The van der Waals surface area contributed by atoms with Crippen molar-refractivity contribution < 1.29 is 35.9 Å². The molecule has 7 nitrogen and oxygen atoms in total. The second-order valence-corrected chi connectivity index (χ2v) is 11.0. The number of hydrogen-bond acceptors (Lipinski definition) is 5. The summed E-state index contributed by atoms with van der Waals surface area (Å²) in [5, 5.41) is 10.5. The second-order valence-electron chi connectivity index (χ2n) is 9.20. The van der Waals surface area contributed by atoms with Crippen LogP contribution in [0.15, 0.2) is 77.7 Å². The Morgan fingerprint density at radius 3 is 2.08 bits per heavy atom. The number of nitrogens with one attached hydrogen (secondary N) is 2. The largest absolute Gasteiger partial charge is 0.490 e. The van der Waals surface area contributed by atoms with Crippen LogP contribution in [0.3, 0.4) is 0 Å². The minimum atomic E-state index is -5.08. The Balaban J connectivity index is 0.000000559. The summed E-state index contributed by atoms with van der Waals surface area (Å²) in [4.78, 5) is 11.5. The smallest absolute Gasteiger partial charge is 0.475 e. The number of benzene rings is 3. The summed E-state index contributed by atoms with van der Waals surface area (Å²) in [6.07, 6.45) is -2.69. The first-order chi connectivity index (χ1) is 18.9. The third kappa shape index (κ3) is 10.0. The van der Waals surface area contributed by atoms with Crippen LogP contribution >= 0.6 is 0 Å². The van der Waals surface area contributed by atoms with Crippen LogP contribution in [0.5, 0.6) is 0 Å². The number of aliphatic carboxylic acids is 1. The van der Waals surface area contributed by atoms with E-state index in [0.29, 0.717) is 19.6 Å². The van der Waals surface area contributed by atoms with Gasteiger partial charge in [0.05, 0.1) is 4.90 Å². The first-order valence-electron chi connectivity index (χ1n) is 12.6. The zero-order valence-electron chi connectivity index (χ0n) is 21.6. The first kappa shape index (κ1) is 31.2. The van der Waals surface area contributed by atoms with Gasteiger partial charge in [0.15, 0.2) is 0 Å². The van der Waals surface area contributed by atoms with Gasteiger partial charge in [0.25, 0.3) is 0 Å². The molecular weight excluding hydrogens is 550 g/mol. The molecule has 1 fully saturated rings. The molecule has 3 aromatic carbocycles. The number of rotatable bonds is 10. The van der Waals surface area contributed by atoms with Crippen molar-refractivity contribution in [1.82, 2.24) is 14.9 Å². The molecule has 0 aliphatic carbocycles. The van der Waals surface area contributed by atoms with Gasteiger partial charge in [0.2, 0.25) is 10.0 Å².